The van der Waals surface area contributed by atoms with Crippen molar-refractivity contribution in [2.45, 2.75) is 19.6 Å². The van der Waals surface area contributed by atoms with Crippen LogP contribution in [0.15, 0.2) is 47.0 Å². The second-order valence-corrected chi connectivity index (χ2v) is 10.5. The number of hydrogen-bond donors (Lipinski definition) is 0. The summed E-state index contributed by atoms with van der Waals surface area (Å²) in [6, 6.07) is 10.2. The van der Waals surface area contributed by atoms with E-state index in [-0.39, 0.29) is 0 Å². The van der Waals surface area contributed by atoms with E-state index in [1.165, 1.54) is 5.56 Å². The van der Waals surface area contributed by atoms with E-state index in [2.05, 4.69) is 65.2 Å². The highest BCUT2D eigenvalue weighted by molar-refractivity contribution is 9.12. The smallest absolute Gasteiger partial charge is 0.127 e. The lowest BCUT2D eigenvalue weighted by Crippen LogP contribution is -2.16. The zero-order valence-corrected chi connectivity index (χ0v) is 13.1. The second-order valence-electron chi connectivity index (χ2n) is 4.79. The van der Waals surface area contributed by atoms with Crippen LogP contribution in [0, 0.1) is 11.5 Å². The maximum absolute atomic E-state index is 3.51. The molecule has 0 nitrogen and oxygen atoms in total. The van der Waals surface area contributed by atoms with Gasteiger partial charge in [0, 0.05) is 4.48 Å². The van der Waals surface area contributed by atoms with Gasteiger partial charge < -0.3 is 0 Å². The molecule has 88 valence electrons. The molecular formula is C15H17BrSi. The van der Waals surface area contributed by atoms with Crippen LogP contribution in [-0.4, -0.2) is 8.07 Å². The van der Waals surface area contributed by atoms with Crippen molar-refractivity contribution in [2.75, 3.05) is 0 Å². The van der Waals surface area contributed by atoms with E-state index in [0.29, 0.717) is 0 Å². The standard InChI is InChI=1S/C15H17BrSi/c1-17(2,3)12-8-7-11-15(16)13-14-9-5-4-6-10-14/h4-7,9-11,13H,1-3H3/b11-7+,15-13-. The monoisotopic (exact) mass is 304 g/mol. The summed E-state index contributed by atoms with van der Waals surface area (Å²) in [5.74, 6) is 3.10. The van der Waals surface area contributed by atoms with Crippen molar-refractivity contribution >= 4 is 30.1 Å². The molecule has 0 saturated carbocycles. The highest BCUT2D eigenvalue weighted by Crippen LogP contribution is 2.12. The van der Waals surface area contributed by atoms with Crippen molar-refractivity contribution in [3.05, 3.63) is 52.5 Å². The van der Waals surface area contributed by atoms with Crippen LogP contribution in [0.25, 0.3) is 6.08 Å². The molecule has 2 heteroatoms. The zero-order chi connectivity index (χ0) is 12.7. The van der Waals surface area contributed by atoms with Gasteiger partial charge in [-0.3, -0.25) is 0 Å². The van der Waals surface area contributed by atoms with Crippen LogP contribution in [0.4, 0.5) is 0 Å². The summed E-state index contributed by atoms with van der Waals surface area (Å²) in [6.45, 7) is 6.72. The molecule has 0 aliphatic carbocycles. The lowest BCUT2D eigenvalue weighted by Gasteiger charge is -2.02. The lowest BCUT2D eigenvalue weighted by atomic mass is 10.2. The molecule has 0 radical (unpaired) electrons. The molecular weight excluding hydrogens is 288 g/mol. The molecule has 1 rings (SSSR count). The van der Waals surface area contributed by atoms with E-state index in [1.807, 2.05) is 30.4 Å². The maximum atomic E-state index is 3.51. The highest BCUT2D eigenvalue weighted by atomic mass is 79.9. The fourth-order valence-corrected chi connectivity index (χ4v) is 2.05. The number of benzene rings is 1. The van der Waals surface area contributed by atoms with Crippen LogP contribution in [0.1, 0.15) is 5.56 Å². The summed E-state index contributed by atoms with van der Waals surface area (Å²) in [7, 11) is -1.25. The van der Waals surface area contributed by atoms with Crippen LogP contribution >= 0.6 is 15.9 Å². The third-order valence-electron chi connectivity index (χ3n) is 1.88. The predicted octanol–water partition coefficient (Wildman–Crippen LogP) is 4.86. The molecule has 0 aliphatic heterocycles. The number of hydrogen-bond acceptors (Lipinski definition) is 0. The van der Waals surface area contributed by atoms with Crippen molar-refractivity contribution < 1.29 is 0 Å². The van der Waals surface area contributed by atoms with Crippen LogP contribution in [0.3, 0.4) is 0 Å². The summed E-state index contributed by atoms with van der Waals surface area (Å²) in [5, 5.41) is 0. The molecule has 0 aromatic heterocycles. The first-order valence-electron chi connectivity index (χ1n) is 5.59. The van der Waals surface area contributed by atoms with Crippen molar-refractivity contribution in [3.63, 3.8) is 0 Å². The molecule has 0 atom stereocenters. The van der Waals surface area contributed by atoms with Crippen molar-refractivity contribution in [2.24, 2.45) is 0 Å². The molecule has 0 heterocycles. The van der Waals surface area contributed by atoms with Crippen molar-refractivity contribution in [1.82, 2.24) is 0 Å². The molecule has 1 aromatic rings. The Morgan fingerprint density at radius 2 is 1.82 bits per heavy atom. The largest absolute Gasteiger partial charge is 0.129 e. The molecule has 0 bridgehead atoms. The first-order valence-corrected chi connectivity index (χ1v) is 9.88. The Balaban J connectivity index is 2.66. The quantitative estimate of drug-likeness (QED) is 0.416. The minimum absolute atomic E-state index is 1.04. The number of rotatable bonds is 2. The zero-order valence-electron chi connectivity index (χ0n) is 10.5. The molecule has 0 unspecified atom stereocenters. The Kier molecular flexibility index (Phi) is 5.47. The average Bonchev–Trinajstić information content (AvgIpc) is 2.25. The van der Waals surface area contributed by atoms with Gasteiger partial charge in [0.05, 0.1) is 0 Å². The molecule has 0 spiro atoms. The Hall–Kier alpha value is -1.04. The minimum atomic E-state index is -1.25. The molecule has 1 aromatic carbocycles. The Morgan fingerprint density at radius 1 is 1.18 bits per heavy atom. The van der Waals surface area contributed by atoms with Gasteiger partial charge in [0.15, 0.2) is 0 Å². The first kappa shape index (κ1) is 14.0. The van der Waals surface area contributed by atoms with E-state index in [1.54, 1.807) is 0 Å². The Bertz CT molecular complexity index is 467. The number of allylic oxidation sites excluding steroid dienone is 3. The van der Waals surface area contributed by atoms with Crippen LogP contribution in [0.5, 0.6) is 0 Å². The minimum Gasteiger partial charge on any atom is -0.127 e. The molecule has 0 fully saturated rings. The summed E-state index contributed by atoms with van der Waals surface area (Å²) < 4.78 is 1.04. The van der Waals surface area contributed by atoms with E-state index in [9.17, 15) is 0 Å². The summed E-state index contributed by atoms with van der Waals surface area (Å²) >= 11 is 3.51. The van der Waals surface area contributed by atoms with Gasteiger partial charge in [-0.05, 0) is 23.8 Å². The second kappa shape index (κ2) is 6.63. The van der Waals surface area contributed by atoms with Gasteiger partial charge in [0.1, 0.15) is 8.07 Å². The maximum Gasteiger partial charge on any atom is 0.129 e. The molecule has 0 amide bonds. The Labute approximate surface area is 114 Å². The van der Waals surface area contributed by atoms with Gasteiger partial charge >= 0.3 is 0 Å². The highest BCUT2D eigenvalue weighted by Gasteiger charge is 2.06. The first-order chi connectivity index (χ1) is 7.97. The Morgan fingerprint density at radius 3 is 2.41 bits per heavy atom. The average molecular weight is 305 g/mol. The molecule has 0 aliphatic rings. The van der Waals surface area contributed by atoms with Crippen LogP contribution < -0.4 is 0 Å². The summed E-state index contributed by atoms with van der Waals surface area (Å²) in [4.78, 5) is 0. The van der Waals surface area contributed by atoms with Gasteiger partial charge in [0.2, 0.25) is 0 Å². The fourth-order valence-electron chi connectivity index (χ4n) is 1.14. The van der Waals surface area contributed by atoms with Crippen molar-refractivity contribution in [1.29, 1.82) is 0 Å². The van der Waals surface area contributed by atoms with Gasteiger partial charge in [0.25, 0.3) is 0 Å². The SMILES string of the molecule is C[Si](C)(C)C#C/C=C/C(Br)=C/c1ccccc1. The van der Waals surface area contributed by atoms with Gasteiger partial charge in [-0.1, -0.05) is 71.8 Å². The van der Waals surface area contributed by atoms with E-state index in [0.717, 1.165) is 4.48 Å². The molecule has 0 N–H and O–H groups in total. The van der Waals surface area contributed by atoms with Gasteiger partial charge in [-0.25, -0.2) is 0 Å². The topological polar surface area (TPSA) is 0 Å². The fraction of sp³-hybridized carbons (Fsp3) is 0.200. The van der Waals surface area contributed by atoms with E-state index in [4.69, 9.17) is 0 Å². The third-order valence-corrected chi connectivity index (χ3v) is 3.26. The van der Waals surface area contributed by atoms with Crippen LogP contribution in [0.2, 0.25) is 19.6 Å². The van der Waals surface area contributed by atoms with E-state index < -0.39 is 8.07 Å². The summed E-state index contributed by atoms with van der Waals surface area (Å²) in [6.07, 6.45) is 5.97. The normalized spacial score (nSPS) is 12.4. The van der Waals surface area contributed by atoms with Crippen LogP contribution in [-0.2, 0) is 0 Å². The van der Waals surface area contributed by atoms with Crippen molar-refractivity contribution in [3.8, 4) is 11.5 Å². The van der Waals surface area contributed by atoms with Gasteiger partial charge in [-0.2, -0.15) is 0 Å². The molecule has 0 saturated heterocycles. The predicted molar refractivity (Wildman–Crippen MR) is 83.6 cm³/mol. The summed E-state index contributed by atoms with van der Waals surface area (Å²) in [5.41, 5.74) is 4.48. The van der Waals surface area contributed by atoms with E-state index >= 15 is 0 Å². The number of halogens is 1. The lowest BCUT2D eigenvalue weighted by molar-refractivity contribution is 1.66. The third kappa shape index (κ3) is 6.99. The molecule has 17 heavy (non-hydrogen) atoms. The van der Waals surface area contributed by atoms with Gasteiger partial charge in [-0.15, -0.1) is 5.54 Å².